The number of hydrogen-bond donors (Lipinski definition) is 3. The number of carbonyl (C=O) groups is 2. The van der Waals surface area contributed by atoms with E-state index in [-0.39, 0.29) is 37.9 Å². The number of aliphatic hydroxyl groups is 1. The topological polar surface area (TPSA) is 87.7 Å². The number of rotatable bonds is 6. The van der Waals surface area contributed by atoms with Crippen LogP contribution in [0.25, 0.3) is 0 Å². The lowest BCUT2D eigenvalue weighted by Gasteiger charge is -2.20. The van der Waals surface area contributed by atoms with Crippen molar-refractivity contribution in [1.29, 1.82) is 0 Å². The lowest BCUT2D eigenvalue weighted by atomic mass is 10.0. The number of hydrogen-bond acceptors (Lipinski definition) is 4. The zero-order valence-electron chi connectivity index (χ0n) is 11.8. The molecule has 1 aliphatic rings. The SMILES string of the molecule is O=C(CCNC(=O)c1ccccc1)NCC1(O)CCOC1. The summed E-state index contributed by atoms with van der Waals surface area (Å²) in [6, 6.07) is 8.83. The van der Waals surface area contributed by atoms with E-state index in [1.54, 1.807) is 24.3 Å². The molecular weight excluding hydrogens is 272 g/mol. The summed E-state index contributed by atoms with van der Waals surface area (Å²) in [7, 11) is 0. The molecule has 0 bridgehead atoms. The van der Waals surface area contributed by atoms with E-state index in [4.69, 9.17) is 4.74 Å². The Hall–Kier alpha value is -1.92. The monoisotopic (exact) mass is 292 g/mol. The fourth-order valence-corrected chi connectivity index (χ4v) is 2.07. The Morgan fingerprint density at radius 1 is 1.24 bits per heavy atom. The third-order valence-electron chi connectivity index (χ3n) is 3.37. The molecule has 0 aromatic heterocycles. The lowest BCUT2D eigenvalue weighted by molar-refractivity contribution is -0.122. The quantitative estimate of drug-likeness (QED) is 0.692. The highest BCUT2D eigenvalue weighted by molar-refractivity contribution is 5.94. The largest absolute Gasteiger partial charge is 0.386 e. The van der Waals surface area contributed by atoms with Crippen LogP contribution in [0.3, 0.4) is 0 Å². The van der Waals surface area contributed by atoms with Crippen molar-refractivity contribution in [2.45, 2.75) is 18.4 Å². The van der Waals surface area contributed by atoms with Crippen molar-refractivity contribution in [3.8, 4) is 0 Å². The summed E-state index contributed by atoms with van der Waals surface area (Å²) in [5, 5.41) is 15.3. The third kappa shape index (κ3) is 4.84. The minimum absolute atomic E-state index is 0.176. The van der Waals surface area contributed by atoms with Crippen molar-refractivity contribution in [1.82, 2.24) is 10.6 Å². The van der Waals surface area contributed by atoms with Crippen LogP contribution < -0.4 is 10.6 Å². The Bertz CT molecular complexity index is 484. The minimum atomic E-state index is -0.955. The van der Waals surface area contributed by atoms with Crippen LogP contribution in [0.2, 0.25) is 0 Å². The van der Waals surface area contributed by atoms with Crippen molar-refractivity contribution in [3.05, 3.63) is 35.9 Å². The smallest absolute Gasteiger partial charge is 0.251 e. The maximum Gasteiger partial charge on any atom is 0.251 e. The van der Waals surface area contributed by atoms with Crippen molar-refractivity contribution in [3.63, 3.8) is 0 Å². The molecule has 6 heteroatoms. The molecule has 0 radical (unpaired) electrons. The minimum Gasteiger partial charge on any atom is -0.386 e. The maximum atomic E-state index is 11.7. The predicted molar refractivity (Wildman–Crippen MR) is 76.8 cm³/mol. The molecule has 3 N–H and O–H groups in total. The number of benzene rings is 1. The van der Waals surface area contributed by atoms with E-state index in [0.717, 1.165) is 0 Å². The third-order valence-corrected chi connectivity index (χ3v) is 3.37. The van der Waals surface area contributed by atoms with E-state index >= 15 is 0 Å². The van der Waals surface area contributed by atoms with Crippen molar-refractivity contribution < 1.29 is 19.4 Å². The molecule has 1 aliphatic heterocycles. The van der Waals surface area contributed by atoms with E-state index in [1.165, 1.54) is 0 Å². The highest BCUT2D eigenvalue weighted by Gasteiger charge is 2.32. The zero-order chi connectivity index (χ0) is 15.1. The summed E-state index contributed by atoms with van der Waals surface area (Å²) in [6.45, 7) is 1.20. The molecule has 1 unspecified atom stereocenters. The normalized spacial score (nSPS) is 21.0. The fraction of sp³-hybridized carbons (Fsp3) is 0.467. The molecule has 21 heavy (non-hydrogen) atoms. The molecule has 1 fully saturated rings. The molecular formula is C15H20N2O4. The molecule has 0 spiro atoms. The Kier molecular flexibility index (Phi) is 5.30. The summed E-state index contributed by atoms with van der Waals surface area (Å²) >= 11 is 0. The van der Waals surface area contributed by atoms with Gasteiger partial charge in [0.15, 0.2) is 0 Å². The summed E-state index contributed by atoms with van der Waals surface area (Å²) < 4.78 is 5.10. The predicted octanol–water partition coefficient (Wildman–Crippen LogP) is 0.0741. The van der Waals surface area contributed by atoms with Gasteiger partial charge in [-0.25, -0.2) is 0 Å². The van der Waals surface area contributed by atoms with Crippen LogP contribution in [0.15, 0.2) is 30.3 Å². The number of carbonyl (C=O) groups excluding carboxylic acids is 2. The first-order valence-electron chi connectivity index (χ1n) is 6.99. The molecule has 2 rings (SSSR count). The summed E-state index contributed by atoms with van der Waals surface area (Å²) in [6.07, 6.45) is 0.702. The van der Waals surface area contributed by atoms with Gasteiger partial charge in [0, 0.05) is 38.1 Å². The van der Waals surface area contributed by atoms with Crippen LogP contribution in [0.4, 0.5) is 0 Å². The van der Waals surface area contributed by atoms with Crippen LogP contribution in [0.1, 0.15) is 23.2 Å². The summed E-state index contributed by atoms with van der Waals surface area (Å²) in [5.74, 6) is -0.407. The summed E-state index contributed by atoms with van der Waals surface area (Å²) in [5.41, 5.74) is -0.390. The lowest BCUT2D eigenvalue weighted by Crippen LogP contribution is -2.44. The van der Waals surface area contributed by atoms with Gasteiger partial charge in [0.25, 0.3) is 5.91 Å². The Balaban J connectivity index is 1.64. The molecule has 114 valence electrons. The fourth-order valence-electron chi connectivity index (χ4n) is 2.07. The van der Waals surface area contributed by atoms with Crippen molar-refractivity contribution >= 4 is 11.8 Å². The van der Waals surface area contributed by atoms with Gasteiger partial charge in [-0.05, 0) is 12.1 Å². The maximum absolute atomic E-state index is 11.7. The molecule has 1 atom stereocenters. The second-order valence-corrected chi connectivity index (χ2v) is 5.18. The van der Waals surface area contributed by atoms with Gasteiger partial charge < -0.3 is 20.5 Å². The van der Waals surface area contributed by atoms with E-state index < -0.39 is 5.60 Å². The molecule has 2 amide bonds. The van der Waals surface area contributed by atoms with E-state index in [2.05, 4.69) is 10.6 Å². The zero-order valence-corrected chi connectivity index (χ0v) is 11.8. The van der Waals surface area contributed by atoms with Crippen molar-refractivity contribution in [2.24, 2.45) is 0 Å². The molecule has 1 aromatic carbocycles. The van der Waals surface area contributed by atoms with Gasteiger partial charge in [-0.15, -0.1) is 0 Å². The highest BCUT2D eigenvalue weighted by atomic mass is 16.5. The first kappa shape index (κ1) is 15.5. The number of amides is 2. The standard InChI is InChI=1S/C15H20N2O4/c18-13(17-10-15(20)7-9-21-11-15)6-8-16-14(19)12-4-2-1-3-5-12/h1-5,20H,6-11H2,(H,16,19)(H,17,18). The van der Waals surface area contributed by atoms with Gasteiger partial charge in [-0.3, -0.25) is 9.59 Å². The summed E-state index contributed by atoms with van der Waals surface area (Å²) in [4.78, 5) is 23.4. The molecule has 1 aromatic rings. The van der Waals surface area contributed by atoms with Gasteiger partial charge in [-0.2, -0.15) is 0 Å². The average Bonchev–Trinajstić information content (AvgIpc) is 2.93. The highest BCUT2D eigenvalue weighted by Crippen LogP contribution is 2.16. The van der Waals surface area contributed by atoms with Gasteiger partial charge >= 0.3 is 0 Å². The van der Waals surface area contributed by atoms with Crippen LogP contribution in [-0.4, -0.2) is 48.8 Å². The number of ether oxygens (including phenoxy) is 1. The first-order valence-corrected chi connectivity index (χ1v) is 6.99. The van der Waals surface area contributed by atoms with E-state index in [9.17, 15) is 14.7 Å². The molecule has 0 aliphatic carbocycles. The van der Waals surface area contributed by atoms with Crippen LogP contribution in [0, 0.1) is 0 Å². The van der Waals surface area contributed by atoms with Crippen LogP contribution >= 0.6 is 0 Å². The molecule has 6 nitrogen and oxygen atoms in total. The van der Waals surface area contributed by atoms with Gasteiger partial charge in [-0.1, -0.05) is 18.2 Å². The molecule has 1 heterocycles. The first-order chi connectivity index (χ1) is 10.1. The van der Waals surface area contributed by atoms with Crippen LogP contribution in [0.5, 0.6) is 0 Å². The number of nitrogens with one attached hydrogen (secondary N) is 2. The van der Waals surface area contributed by atoms with E-state index in [1.807, 2.05) is 6.07 Å². The van der Waals surface area contributed by atoms with Crippen molar-refractivity contribution in [2.75, 3.05) is 26.3 Å². The van der Waals surface area contributed by atoms with Gasteiger partial charge in [0.1, 0.15) is 5.60 Å². The Morgan fingerprint density at radius 2 is 2.00 bits per heavy atom. The second-order valence-electron chi connectivity index (χ2n) is 5.18. The van der Waals surface area contributed by atoms with Crippen LogP contribution in [-0.2, 0) is 9.53 Å². The van der Waals surface area contributed by atoms with Gasteiger partial charge in [0.2, 0.25) is 5.91 Å². The average molecular weight is 292 g/mol. The molecule has 1 saturated heterocycles. The van der Waals surface area contributed by atoms with E-state index in [0.29, 0.717) is 18.6 Å². The molecule has 0 saturated carbocycles. The Labute approximate surface area is 123 Å². The van der Waals surface area contributed by atoms with Gasteiger partial charge in [0.05, 0.1) is 6.61 Å². The Morgan fingerprint density at radius 3 is 2.67 bits per heavy atom. The second kappa shape index (κ2) is 7.19.